The van der Waals surface area contributed by atoms with Gasteiger partial charge in [0.25, 0.3) is 0 Å². The molecule has 0 aliphatic carbocycles. The molecular formula is C10H8O5. The van der Waals surface area contributed by atoms with Gasteiger partial charge in [-0.05, 0) is 6.07 Å². The number of benzene rings is 1. The standard InChI is InChI=1S/C10H8O5/c1-12-7-2-5-6(11)3-13-8(5)10-9(7)14-4-15-10/h2H,3-4H2,1H3. The molecule has 0 unspecified atom stereocenters. The maximum Gasteiger partial charge on any atom is 0.231 e. The molecule has 0 radical (unpaired) electrons. The highest BCUT2D eigenvalue weighted by molar-refractivity contribution is 6.04. The highest BCUT2D eigenvalue weighted by atomic mass is 16.7. The lowest BCUT2D eigenvalue weighted by Crippen LogP contribution is -1.99. The van der Waals surface area contributed by atoms with Crippen LogP contribution in [0.4, 0.5) is 0 Å². The van der Waals surface area contributed by atoms with Gasteiger partial charge < -0.3 is 18.9 Å². The number of methoxy groups -OCH3 is 1. The molecule has 0 atom stereocenters. The molecule has 15 heavy (non-hydrogen) atoms. The monoisotopic (exact) mass is 208 g/mol. The van der Waals surface area contributed by atoms with Crippen molar-refractivity contribution < 1.29 is 23.7 Å². The van der Waals surface area contributed by atoms with Crippen molar-refractivity contribution in [2.75, 3.05) is 20.5 Å². The average molecular weight is 208 g/mol. The first kappa shape index (κ1) is 8.40. The summed E-state index contributed by atoms with van der Waals surface area (Å²) < 4.78 is 20.9. The molecule has 2 aliphatic heterocycles. The van der Waals surface area contributed by atoms with Crippen molar-refractivity contribution >= 4 is 5.78 Å². The fourth-order valence-corrected chi connectivity index (χ4v) is 1.73. The maximum atomic E-state index is 11.5. The third-order valence-corrected chi connectivity index (χ3v) is 2.43. The van der Waals surface area contributed by atoms with Crippen molar-refractivity contribution in [3.05, 3.63) is 11.6 Å². The molecule has 3 rings (SSSR count). The van der Waals surface area contributed by atoms with Crippen LogP contribution < -0.4 is 18.9 Å². The first-order valence-corrected chi connectivity index (χ1v) is 4.48. The molecule has 2 heterocycles. The molecule has 1 aromatic carbocycles. The third-order valence-electron chi connectivity index (χ3n) is 2.43. The van der Waals surface area contributed by atoms with Gasteiger partial charge in [0.05, 0.1) is 12.7 Å². The predicted molar refractivity (Wildman–Crippen MR) is 48.9 cm³/mol. The Bertz CT molecular complexity index is 452. The second-order valence-corrected chi connectivity index (χ2v) is 3.23. The Hall–Kier alpha value is -1.91. The van der Waals surface area contributed by atoms with Gasteiger partial charge in [0.2, 0.25) is 24.1 Å². The number of hydrogen-bond donors (Lipinski definition) is 0. The van der Waals surface area contributed by atoms with Gasteiger partial charge in [0.15, 0.2) is 18.1 Å². The van der Waals surface area contributed by atoms with Crippen LogP contribution in [0.25, 0.3) is 0 Å². The fourth-order valence-electron chi connectivity index (χ4n) is 1.73. The van der Waals surface area contributed by atoms with Crippen LogP contribution in [0, 0.1) is 0 Å². The van der Waals surface area contributed by atoms with E-state index in [1.165, 1.54) is 7.11 Å². The van der Waals surface area contributed by atoms with Crippen LogP contribution in [0.2, 0.25) is 0 Å². The summed E-state index contributed by atoms with van der Waals surface area (Å²) in [5.74, 6) is 1.87. The molecule has 0 amide bonds. The van der Waals surface area contributed by atoms with Crippen LogP contribution in [0.3, 0.4) is 0 Å². The van der Waals surface area contributed by atoms with E-state index in [-0.39, 0.29) is 19.2 Å². The second-order valence-electron chi connectivity index (χ2n) is 3.23. The minimum absolute atomic E-state index is 0.0539. The highest BCUT2D eigenvalue weighted by Gasteiger charge is 2.33. The third kappa shape index (κ3) is 1.000. The summed E-state index contributed by atoms with van der Waals surface area (Å²) >= 11 is 0. The van der Waals surface area contributed by atoms with Crippen LogP contribution in [0.1, 0.15) is 10.4 Å². The molecule has 5 nitrogen and oxygen atoms in total. The summed E-state index contributed by atoms with van der Waals surface area (Å²) in [7, 11) is 1.52. The van der Waals surface area contributed by atoms with E-state index in [1.807, 2.05) is 0 Å². The normalized spacial score (nSPS) is 16.2. The molecule has 0 N–H and O–H groups in total. The first-order chi connectivity index (χ1) is 7.31. The van der Waals surface area contributed by atoms with Crippen LogP contribution in [0.5, 0.6) is 23.0 Å². The van der Waals surface area contributed by atoms with E-state index in [0.29, 0.717) is 28.6 Å². The van der Waals surface area contributed by atoms with E-state index < -0.39 is 0 Å². The number of Topliss-reactive ketones (excluding diaryl/α,β-unsaturated/α-hetero) is 1. The molecule has 2 aliphatic rings. The number of rotatable bonds is 1. The fraction of sp³-hybridized carbons (Fsp3) is 0.300. The van der Waals surface area contributed by atoms with Gasteiger partial charge in [-0.1, -0.05) is 0 Å². The molecule has 0 aromatic heterocycles. The summed E-state index contributed by atoms with van der Waals surface area (Å²) in [4.78, 5) is 11.5. The van der Waals surface area contributed by atoms with Crippen molar-refractivity contribution in [1.29, 1.82) is 0 Å². The van der Waals surface area contributed by atoms with E-state index in [1.54, 1.807) is 6.07 Å². The Morgan fingerprint density at radius 2 is 2.00 bits per heavy atom. The zero-order valence-electron chi connectivity index (χ0n) is 8.03. The quantitative estimate of drug-likeness (QED) is 0.689. The van der Waals surface area contributed by atoms with E-state index in [2.05, 4.69) is 0 Å². The van der Waals surface area contributed by atoms with Gasteiger partial charge in [-0.15, -0.1) is 0 Å². The zero-order valence-corrected chi connectivity index (χ0v) is 8.03. The van der Waals surface area contributed by atoms with Gasteiger partial charge in [-0.2, -0.15) is 0 Å². The van der Waals surface area contributed by atoms with Crippen molar-refractivity contribution in [2.24, 2.45) is 0 Å². The Morgan fingerprint density at radius 1 is 1.20 bits per heavy atom. The van der Waals surface area contributed by atoms with Crippen molar-refractivity contribution in [2.45, 2.75) is 0 Å². The summed E-state index contributed by atoms with van der Waals surface area (Å²) in [6.45, 7) is 0.179. The van der Waals surface area contributed by atoms with Gasteiger partial charge in [0, 0.05) is 0 Å². The molecule has 0 spiro atoms. The number of fused-ring (bicyclic) bond motifs is 3. The summed E-state index contributed by atoms with van der Waals surface area (Å²) in [5, 5.41) is 0. The molecule has 0 fully saturated rings. The molecule has 78 valence electrons. The zero-order chi connectivity index (χ0) is 10.4. The summed E-state index contributed by atoms with van der Waals surface area (Å²) in [6.07, 6.45) is 0. The van der Waals surface area contributed by atoms with Gasteiger partial charge in [-0.25, -0.2) is 0 Å². The molecular weight excluding hydrogens is 200 g/mol. The van der Waals surface area contributed by atoms with Crippen LogP contribution in [-0.2, 0) is 0 Å². The number of hydrogen-bond acceptors (Lipinski definition) is 5. The number of ketones is 1. The van der Waals surface area contributed by atoms with Gasteiger partial charge in [-0.3, -0.25) is 4.79 Å². The first-order valence-electron chi connectivity index (χ1n) is 4.48. The molecule has 0 bridgehead atoms. The van der Waals surface area contributed by atoms with E-state index >= 15 is 0 Å². The number of ether oxygens (including phenoxy) is 4. The molecule has 0 saturated carbocycles. The van der Waals surface area contributed by atoms with E-state index in [9.17, 15) is 4.79 Å². The van der Waals surface area contributed by atoms with Crippen molar-refractivity contribution in [3.8, 4) is 23.0 Å². The number of carbonyl (C=O) groups is 1. The minimum atomic E-state index is -0.0680. The van der Waals surface area contributed by atoms with Crippen molar-refractivity contribution in [1.82, 2.24) is 0 Å². The largest absolute Gasteiger partial charge is 0.493 e. The van der Waals surface area contributed by atoms with Crippen LogP contribution in [-0.4, -0.2) is 26.3 Å². The van der Waals surface area contributed by atoms with Crippen LogP contribution in [0.15, 0.2) is 6.07 Å². The maximum absolute atomic E-state index is 11.5. The summed E-state index contributed by atoms with van der Waals surface area (Å²) in [5.41, 5.74) is 0.496. The molecule has 0 saturated heterocycles. The van der Waals surface area contributed by atoms with Crippen LogP contribution >= 0.6 is 0 Å². The average Bonchev–Trinajstić information content (AvgIpc) is 2.83. The predicted octanol–water partition coefficient (Wildman–Crippen LogP) is 0.999. The van der Waals surface area contributed by atoms with E-state index in [4.69, 9.17) is 18.9 Å². The molecule has 5 heteroatoms. The van der Waals surface area contributed by atoms with Gasteiger partial charge >= 0.3 is 0 Å². The lowest BCUT2D eigenvalue weighted by atomic mass is 10.1. The smallest absolute Gasteiger partial charge is 0.231 e. The summed E-state index contributed by atoms with van der Waals surface area (Å²) in [6, 6.07) is 1.62. The van der Waals surface area contributed by atoms with E-state index in [0.717, 1.165) is 0 Å². The Kier molecular flexibility index (Phi) is 1.56. The minimum Gasteiger partial charge on any atom is -0.493 e. The lowest BCUT2D eigenvalue weighted by molar-refractivity contribution is 0.0960. The van der Waals surface area contributed by atoms with Gasteiger partial charge in [0.1, 0.15) is 0 Å². The second kappa shape index (κ2) is 2.79. The highest BCUT2D eigenvalue weighted by Crippen LogP contribution is 2.51. The van der Waals surface area contributed by atoms with Crippen molar-refractivity contribution in [3.63, 3.8) is 0 Å². The molecule has 1 aromatic rings. The Morgan fingerprint density at radius 3 is 2.80 bits per heavy atom. The topological polar surface area (TPSA) is 54.0 Å². The Labute approximate surface area is 85.5 Å². The number of carbonyl (C=O) groups excluding carboxylic acids is 1. The lowest BCUT2D eigenvalue weighted by Gasteiger charge is -2.07. The Balaban J connectivity index is 2.27. The SMILES string of the molecule is COc1cc2c(c3c1OCO3)OCC2=O.